The van der Waals surface area contributed by atoms with Gasteiger partial charge in [0.25, 0.3) is 0 Å². The van der Waals surface area contributed by atoms with Crippen molar-refractivity contribution in [2.45, 2.75) is 19.9 Å². The summed E-state index contributed by atoms with van der Waals surface area (Å²) in [6.07, 6.45) is 6.37. The lowest BCUT2D eigenvalue weighted by atomic mass is 10.3. The summed E-state index contributed by atoms with van der Waals surface area (Å²) in [6.45, 7) is 3.75. The molecule has 0 aromatic carbocycles. The molecule has 0 aliphatic carbocycles. The smallest absolute Gasteiger partial charge is 0.157 e. The maximum Gasteiger partial charge on any atom is 0.157 e. The maximum atomic E-state index is 4.29. The summed E-state index contributed by atoms with van der Waals surface area (Å²) < 4.78 is 0. The predicted octanol–water partition coefficient (Wildman–Crippen LogP) is 1.23. The molecule has 1 aliphatic heterocycles. The number of aliphatic imine (C=N–C) groups is 1. The van der Waals surface area contributed by atoms with Crippen LogP contribution in [-0.2, 0) is 6.54 Å². The largest absolute Gasteiger partial charge is 0.316 e. The fourth-order valence-electron chi connectivity index (χ4n) is 1.40. The average molecular weight is 176 g/mol. The van der Waals surface area contributed by atoms with Crippen LogP contribution in [0.4, 0.5) is 5.82 Å². The molecule has 2 rings (SSSR count). The molecule has 1 aromatic rings. The highest BCUT2D eigenvalue weighted by molar-refractivity contribution is 5.79. The molecule has 13 heavy (non-hydrogen) atoms. The number of hydrogen-bond acceptors (Lipinski definition) is 4. The highest BCUT2D eigenvalue weighted by Gasteiger charge is 2.14. The van der Waals surface area contributed by atoms with Crippen LogP contribution in [0, 0.1) is 0 Å². The summed E-state index contributed by atoms with van der Waals surface area (Å²) >= 11 is 0. The van der Waals surface area contributed by atoms with Crippen molar-refractivity contribution < 1.29 is 0 Å². The molecule has 0 saturated carbocycles. The normalized spacial score (nSPS) is 14.4. The van der Waals surface area contributed by atoms with Gasteiger partial charge in [-0.25, -0.2) is 4.98 Å². The van der Waals surface area contributed by atoms with Crippen LogP contribution >= 0.6 is 0 Å². The lowest BCUT2D eigenvalue weighted by molar-refractivity contribution is 0.841. The van der Waals surface area contributed by atoms with Crippen LogP contribution in [0.15, 0.2) is 17.4 Å². The van der Waals surface area contributed by atoms with Gasteiger partial charge in [0.1, 0.15) is 5.69 Å². The van der Waals surface area contributed by atoms with Gasteiger partial charge in [-0.15, -0.1) is 0 Å². The number of aromatic nitrogens is 2. The Morgan fingerprint density at radius 1 is 1.38 bits per heavy atom. The number of anilines is 1. The summed E-state index contributed by atoms with van der Waals surface area (Å²) in [5, 5.41) is 0. The molecule has 4 heteroatoms. The lowest BCUT2D eigenvalue weighted by Crippen LogP contribution is -2.27. The molecule has 0 N–H and O–H groups in total. The van der Waals surface area contributed by atoms with Crippen molar-refractivity contribution in [3.05, 3.63) is 18.1 Å². The SMILES string of the molecule is CCCN1C=NCc2nccnc21. The van der Waals surface area contributed by atoms with E-state index in [2.05, 4.69) is 21.9 Å². The van der Waals surface area contributed by atoms with Gasteiger partial charge in [-0.1, -0.05) is 6.92 Å². The van der Waals surface area contributed by atoms with Gasteiger partial charge in [0, 0.05) is 18.9 Å². The van der Waals surface area contributed by atoms with Crippen LogP contribution < -0.4 is 4.90 Å². The molecule has 1 aromatic heterocycles. The van der Waals surface area contributed by atoms with E-state index in [1.54, 1.807) is 12.4 Å². The molecule has 0 atom stereocenters. The van der Waals surface area contributed by atoms with Crippen LogP contribution in [-0.4, -0.2) is 22.9 Å². The van der Waals surface area contributed by atoms with Gasteiger partial charge in [0.2, 0.25) is 0 Å². The van der Waals surface area contributed by atoms with E-state index in [1.165, 1.54) is 0 Å². The first-order chi connectivity index (χ1) is 6.42. The van der Waals surface area contributed by atoms with Gasteiger partial charge in [-0.05, 0) is 6.42 Å². The summed E-state index contributed by atoms with van der Waals surface area (Å²) in [7, 11) is 0. The van der Waals surface area contributed by atoms with E-state index in [0.717, 1.165) is 24.5 Å². The molecule has 1 aliphatic rings. The minimum atomic E-state index is 0.656. The molecule has 0 spiro atoms. The molecule has 0 amide bonds. The predicted molar refractivity (Wildman–Crippen MR) is 51.9 cm³/mol. The van der Waals surface area contributed by atoms with Gasteiger partial charge < -0.3 is 4.90 Å². The van der Waals surface area contributed by atoms with Crippen LogP contribution in [0.5, 0.6) is 0 Å². The Balaban J connectivity index is 2.31. The molecular weight excluding hydrogens is 164 g/mol. The monoisotopic (exact) mass is 176 g/mol. The van der Waals surface area contributed by atoms with E-state index in [0.29, 0.717) is 6.54 Å². The van der Waals surface area contributed by atoms with Gasteiger partial charge >= 0.3 is 0 Å². The molecule has 0 radical (unpaired) electrons. The van der Waals surface area contributed by atoms with Gasteiger partial charge in [0.15, 0.2) is 5.82 Å². The first-order valence-electron chi connectivity index (χ1n) is 4.48. The molecule has 0 saturated heterocycles. The second-order valence-electron chi connectivity index (χ2n) is 2.98. The highest BCUT2D eigenvalue weighted by Crippen LogP contribution is 2.17. The van der Waals surface area contributed by atoms with E-state index in [9.17, 15) is 0 Å². The van der Waals surface area contributed by atoms with E-state index in [4.69, 9.17) is 0 Å². The third-order valence-electron chi connectivity index (χ3n) is 1.95. The number of rotatable bonds is 2. The molecule has 68 valence electrons. The van der Waals surface area contributed by atoms with Crippen LogP contribution in [0.25, 0.3) is 0 Å². The molecule has 0 fully saturated rings. The van der Waals surface area contributed by atoms with Crippen molar-refractivity contribution in [3.63, 3.8) is 0 Å². The minimum Gasteiger partial charge on any atom is -0.316 e. The van der Waals surface area contributed by atoms with Crippen LogP contribution in [0.2, 0.25) is 0 Å². The van der Waals surface area contributed by atoms with Crippen LogP contribution in [0.3, 0.4) is 0 Å². The first-order valence-corrected chi connectivity index (χ1v) is 4.48. The fourth-order valence-corrected chi connectivity index (χ4v) is 1.40. The Labute approximate surface area is 77.3 Å². The van der Waals surface area contributed by atoms with E-state index in [1.807, 2.05) is 11.2 Å². The van der Waals surface area contributed by atoms with Gasteiger partial charge in [-0.3, -0.25) is 9.98 Å². The zero-order valence-corrected chi connectivity index (χ0v) is 7.64. The third-order valence-corrected chi connectivity index (χ3v) is 1.95. The average Bonchev–Trinajstić information content (AvgIpc) is 2.19. The minimum absolute atomic E-state index is 0.656. The van der Waals surface area contributed by atoms with E-state index in [-0.39, 0.29) is 0 Å². The standard InChI is InChI=1S/C9H12N4/c1-2-5-13-7-10-6-8-9(13)12-4-3-11-8/h3-4,7H,2,5-6H2,1H3. The second kappa shape index (κ2) is 3.51. The molecular formula is C9H12N4. The Bertz CT molecular complexity index is 321. The van der Waals surface area contributed by atoms with Crippen molar-refractivity contribution in [2.75, 3.05) is 11.4 Å². The molecule has 0 bridgehead atoms. The first kappa shape index (κ1) is 8.16. The van der Waals surface area contributed by atoms with Crippen molar-refractivity contribution in [1.82, 2.24) is 9.97 Å². The van der Waals surface area contributed by atoms with E-state index >= 15 is 0 Å². The quantitative estimate of drug-likeness (QED) is 0.680. The summed E-state index contributed by atoms with van der Waals surface area (Å²) in [6, 6.07) is 0. The van der Waals surface area contributed by atoms with Crippen molar-refractivity contribution in [1.29, 1.82) is 0 Å². The Morgan fingerprint density at radius 3 is 3.08 bits per heavy atom. The Hall–Kier alpha value is -1.45. The number of fused-ring (bicyclic) bond motifs is 1. The number of hydrogen-bond donors (Lipinski definition) is 0. The maximum absolute atomic E-state index is 4.29. The van der Waals surface area contributed by atoms with Crippen LogP contribution in [0.1, 0.15) is 19.0 Å². The van der Waals surface area contributed by atoms with Crippen molar-refractivity contribution in [2.24, 2.45) is 4.99 Å². The lowest BCUT2D eigenvalue weighted by Gasteiger charge is -2.22. The van der Waals surface area contributed by atoms with Gasteiger partial charge in [-0.2, -0.15) is 0 Å². The Kier molecular flexibility index (Phi) is 2.21. The summed E-state index contributed by atoms with van der Waals surface area (Å²) in [4.78, 5) is 14.8. The Morgan fingerprint density at radius 2 is 2.23 bits per heavy atom. The molecule has 4 nitrogen and oxygen atoms in total. The van der Waals surface area contributed by atoms with E-state index < -0.39 is 0 Å². The topological polar surface area (TPSA) is 41.4 Å². The van der Waals surface area contributed by atoms with Gasteiger partial charge in [0.05, 0.1) is 12.9 Å². The van der Waals surface area contributed by atoms with Crippen molar-refractivity contribution in [3.8, 4) is 0 Å². The zero-order chi connectivity index (χ0) is 9.10. The second-order valence-corrected chi connectivity index (χ2v) is 2.98. The summed E-state index contributed by atoms with van der Waals surface area (Å²) in [5.41, 5.74) is 0.971. The molecule has 2 heterocycles. The van der Waals surface area contributed by atoms with Crippen molar-refractivity contribution >= 4 is 12.2 Å². The fraction of sp³-hybridized carbons (Fsp3) is 0.444. The third kappa shape index (κ3) is 1.52. The summed E-state index contributed by atoms with van der Waals surface area (Å²) in [5.74, 6) is 0.958. The zero-order valence-electron chi connectivity index (χ0n) is 7.64. The number of nitrogens with zero attached hydrogens (tertiary/aromatic N) is 4. The molecule has 0 unspecified atom stereocenters. The highest BCUT2D eigenvalue weighted by atomic mass is 15.2.